The first kappa shape index (κ1) is 11.1. The van der Waals surface area contributed by atoms with Gasteiger partial charge in [0, 0.05) is 23.2 Å². The molecule has 1 N–H and O–H groups in total. The molecule has 0 aliphatic heterocycles. The van der Waals surface area contributed by atoms with Crippen LogP contribution in [0.25, 0.3) is 10.9 Å². The fourth-order valence-corrected chi connectivity index (χ4v) is 2.70. The van der Waals surface area contributed by atoms with Crippen LogP contribution in [-0.4, -0.2) is 9.67 Å². The number of hydrogen-bond donors (Lipinski definition) is 1. The number of benzene rings is 1. The highest BCUT2D eigenvalue weighted by Gasteiger charge is 2.25. The summed E-state index contributed by atoms with van der Waals surface area (Å²) in [5, 5.41) is 19.3. The number of aromatic nitrogens is 1. The van der Waals surface area contributed by atoms with Gasteiger partial charge in [0.05, 0.1) is 11.1 Å². The average molecular weight is 244 g/mol. The second-order valence-electron chi connectivity index (χ2n) is 4.85. The SMILES string of the molecule is Cc1c(C#N)c2cc(F)c(O)cc2n1C1CCC1. The Hall–Kier alpha value is -2.02. The molecule has 3 nitrogen and oxygen atoms in total. The summed E-state index contributed by atoms with van der Waals surface area (Å²) in [6, 6.07) is 5.20. The summed E-state index contributed by atoms with van der Waals surface area (Å²) in [4.78, 5) is 0. The Balaban J connectivity index is 2.37. The second-order valence-corrected chi connectivity index (χ2v) is 4.85. The van der Waals surface area contributed by atoms with Crippen molar-refractivity contribution in [2.45, 2.75) is 32.2 Å². The predicted octanol–water partition coefficient (Wildman–Crippen LogP) is 3.39. The van der Waals surface area contributed by atoms with Gasteiger partial charge in [0.2, 0.25) is 0 Å². The van der Waals surface area contributed by atoms with Gasteiger partial charge in [-0.3, -0.25) is 0 Å². The van der Waals surface area contributed by atoms with Gasteiger partial charge in [-0.25, -0.2) is 4.39 Å². The molecule has 3 rings (SSSR count). The van der Waals surface area contributed by atoms with Crippen molar-refractivity contribution >= 4 is 10.9 Å². The number of hydrogen-bond acceptors (Lipinski definition) is 2. The predicted molar refractivity (Wildman–Crippen MR) is 65.9 cm³/mol. The Morgan fingerprint density at radius 2 is 2.17 bits per heavy atom. The van der Waals surface area contributed by atoms with Crippen LogP contribution in [0.4, 0.5) is 4.39 Å². The van der Waals surface area contributed by atoms with E-state index in [4.69, 9.17) is 0 Å². The smallest absolute Gasteiger partial charge is 0.165 e. The van der Waals surface area contributed by atoms with E-state index in [-0.39, 0.29) is 5.75 Å². The molecule has 92 valence electrons. The largest absolute Gasteiger partial charge is 0.505 e. The number of aromatic hydroxyl groups is 1. The maximum atomic E-state index is 13.4. The fraction of sp³-hybridized carbons (Fsp3) is 0.357. The van der Waals surface area contributed by atoms with Crippen LogP contribution in [-0.2, 0) is 0 Å². The zero-order chi connectivity index (χ0) is 12.9. The first-order valence-electron chi connectivity index (χ1n) is 6.06. The van der Waals surface area contributed by atoms with E-state index in [0.717, 1.165) is 24.1 Å². The summed E-state index contributed by atoms with van der Waals surface area (Å²) in [7, 11) is 0. The molecular weight excluding hydrogens is 231 g/mol. The molecule has 1 aliphatic rings. The quantitative estimate of drug-likeness (QED) is 0.835. The number of halogens is 1. The highest BCUT2D eigenvalue weighted by Crippen LogP contribution is 2.39. The van der Waals surface area contributed by atoms with Crippen molar-refractivity contribution in [2.24, 2.45) is 0 Å². The van der Waals surface area contributed by atoms with E-state index in [1.165, 1.54) is 18.6 Å². The highest BCUT2D eigenvalue weighted by molar-refractivity contribution is 5.89. The zero-order valence-corrected chi connectivity index (χ0v) is 10.1. The number of fused-ring (bicyclic) bond motifs is 1. The van der Waals surface area contributed by atoms with Gasteiger partial charge in [0.25, 0.3) is 0 Å². The minimum Gasteiger partial charge on any atom is -0.505 e. The molecule has 0 saturated heterocycles. The van der Waals surface area contributed by atoms with Gasteiger partial charge >= 0.3 is 0 Å². The van der Waals surface area contributed by atoms with E-state index >= 15 is 0 Å². The van der Waals surface area contributed by atoms with Crippen molar-refractivity contribution in [3.63, 3.8) is 0 Å². The Labute approximate surface area is 104 Å². The van der Waals surface area contributed by atoms with Crippen molar-refractivity contribution in [3.05, 3.63) is 29.2 Å². The molecule has 0 radical (unpaired) electrons. The van der Waals surface area contributed by atoms with Gasteiger partial charge in [0.15, 0.2) is 11.6 Å². The summed E-state index contributed by atoms with van der Waals surface area (Å²) >= 11 is 0. The molecule has 1 heterocycles. The summed E-state index contributed by atoms with van der Waals surface area (Å²) < 4.78 is 15.5. The van der Waals surface area contributed by atoms with Gasteiger partial charge in [-0.05, 0) is 32.3 Å². The molecule has 2 aromatic rings. The molecular formula is C14H13FN2O. The Bertz CT molecular complexity index is 677. The zero-order valence-electron chi connectivity index (χ0n) is 10.1. The molecule has 1 fully saturated rings. The van der Waals surface area contributed by atoms with E-state index in [0.29, 0.717) is 17.0 Å². The minimum atomic E-state index is -0.676. The van der Waals surface area contributed by atoms with Crippen LogP contribution >= 0.6 is 0 Å². The maximum Gasteiger partial charge on any atom is 0.165 e. The third kappa shape index (κ3) is 1.34. The van der Waals surface area contributed by atoms with E-state index in [1.54, 1.807) is 0 Å². The van der Waals surface area contributed by atoms with E-state index < -0.39 is 5.82 Å². The lowest BCUT2D eigenvalue weighted by Crippen LogP contribution is -2.17. The molecule has 1 saturated carbocycles. The normalized spacial score (nSPS) is 15.6. The molecule has 0 unspecified atom stereocenters. The minimum absolute atomic E-state index is 0.356. The average Bonchev–Trinajstić information content (AvgIpc) is 2.51. The lowest BCUT2D eigenvalue weighted by atomic mass is 9.92. The van der Waals surface area contributed by atoms with E-state index in [2.05, 4.69) is 10.6 Å². The molecule has 1 aliphatic carbocycles. The van der Waals surface area contributed by atoms with Gasteiger partial charge in [-0.2, -0.15) is 5.26 Å². The van der Waals surface area contributed by atoms with Crippen LogP contribution < -0.4 is 0 Å². The van der Waals surface area contributed by atoms with E-state index in [1.807, 2.05) is 6.92 Å². The topological polar surface area (TPSA) is 48.9 Å². The van der Waals surface area contributed by atoms with Crippen LogP contribution in [0.3, 0.4) is 0 Å². The van der Waals surface area contributed by atoms with Gasteiger partial charge in [-0.15, -0.1) is 0 Å². The highest BCUT2D eigenvalue weighted by atomic mass is 19.1. The number of nitrogens with zero attached hydrogens (tertiary/aromatic N) is 2. The Kier molecular flexibility index (Phi) is 2.30. The second kappa shape index (κ2) is 3.74. The molecule has 0 atom stereocenters. The van der Waals surface area contributed by atoms with Crippen molar-refractivity contribution in [2.75, 3.05) is 0 Å². The molecule has 18 heavy (non-hydrogen) atoms. The maximum absolute atomic E-state index is 13.4. The summed E-state index contributed by atoms with van der Waals surface area (Å²) in [6.45, 7) is 1.88. The summed E-state index contributed by atoms with van der Waals surface area (Å²) in [6.07, 6.45) is 3.33. The van der Waals surface area contributed by atoms with Crippen LogP contribution in [0, 0.1) is 24.1 Å². The number of nitriles is 1. The summed E-state index contributed by atoms with van der Waals surface area (Å²) in [5.74, 6) is -1.03. The Morgan fingerprint density at radius 3 is 2.72 bits per heavy atom. The lowest BCUT2D eigenvalue weighted by molar-refractivity contribution is 0.317. The molecule has 4 heteroatoms. The summed E-state index contributed by atoms with van der Waals surface area (Å²) in [5.41, 5.74) is 2.13. The molecule has 0 spiro atoms. The molecule has 1 aromatic carbocycles. The monoisotopic (exact) mass is 244 g/mol. The van der Waals surface area contributed by atoms with E-state index in [9.17, 15) is 14.8 Å². The number of rotatable bonds is 1. The Morgan fingerprint density at radius 1 is 1.44 bits per heavy atom. The van der Waals surface area contributed by atoms with Gasteiger partial charge in [0.1, 0.15) is 6.07 Å². The van der Waals surface area contributed by atoms with Gasteiger partial charge in [-0.1, -0.05) is 0 Å². The third-order valence-corrected chi connectivity index (χ3v) is 3.87. The van der Waals surface area contributed by atoms with Crippen molar-refractivity contribution in [1.29, 1.82) is 5.26 Å². The lowest BCUT2D eigenvalue weighted by Gasteiger charge is -2.29. The number of phenols is 1. The van der Waals surface area contributed by atoms with Crippen LogP contribution in [0.15, 0.2) is 12.1 Å². The first-order valence-corrected chi connectivity index (χ1v) is 6.06. The van der Waals surface area contributed by atoms with Gasteiger partial charge < -0.3 is 9.67 Å². The van der Waals surface area contributed by atoms with Crippen LogP contribution in [0.1, 0.15) is 36.6 Å². The molecule has 0 bridgehead atoms. The third-order valence-electron chi connectivity index (χ3n) is 3.87. The molecule has 1 aromatic heterocycles. The first-order chi connectivity index (χ1) is 8.63. The fourth-order valence-electron chi connectivity index (χ4n) is 2.70. The van der Waals surface area contributed by atoms with Crippen LogP contribution in [0.5, 0.6) is 5.75 Å². The van der Waals surface area contributed by atoms with Crippen LogP contribution in [0.2, 0.25) is 0 Å². The van der Waals surface area contributed by atoms with Crippen molar-refractivity contribution < 1.29 is 9.50 Å². The standard InChI is InChI=1S/C14H13FN2O/c1-8-11(7-16)10-5-12(15)14(18)6-13(10)17(8)9-3-2-4-9/h5-6,9,18H,2-4H2,1H3. The number of phenolic OH excluding ortho intramolecular Hbond substituents is 1. The molecule has 0 amide bonds. The van der Waals surface area contributed by atoms with Crippen molar-refractivity contribution in [3.8, 4) is 11.8 Å². The van der Waals surface area contributed by atoms with Crippen molar-refractivity contribution in [1.82, 2.24) is 4.57 Å².